The molecule has 6 heteroatoms. The smallest absolute Gasteiger partial charge is 0.323 e. The van der Waals surface area contributed by atoms with E-state index in [2.05, 4.69) is 27.5 Å². The number of fused-ring (bicyclic) bond motifs is 1. The maximum Gasteiger partial charge on any atom is 0.323 e. The molecular formula is C19H25N5O. The number of rotatable bonds is 5. The standard InChI is InChI=1S/C19H25N5O/c1-23(11-14-6-7-14)12-15-8-9-24(13-15)19(25)20-18-10-16-4-2-3-5-17(16)21-22-18/h2-5,10,14-15H,6-9,11-13H2,1H3,(H,20,22,25). The molecular weight excluding hydrogens is 314 g/mol. The Morgan fingerprint density at radius 3 is 2.84 bits per heavy atom. The van der Waals surface area contributed by atoms with Gasteiger partial charge in [-0.2, -0.15) is 0 Å². The van der Waals surface area contributed by atoms with E-state index in [4.69, 9.17) is 0 Å². The molecule has 1 aliphatic carbocycles. The number of nitrogens with one attached hydrogen (secondary N) is 1. The Morgan fingerprint density at radius 2 is 2.00 bits per heavy atom. The summed E-state index contributed by atoms with van der Waals surface area (Å²) in [5.41, 5.74) is 0.834. The summed E-state index contributed by atoms with van der Waals surface area (Å²) in [6, 6.07) is 9.57. The monoisotopic (exact) mass is 339 g/mol. The molecule has 2 aliphatic rings. The number of amides is 2. The SMILES string of the molecule is CN(CC1CC1)CC1CCN(C(=O)Nc2cc3ccccc3nn2)C1. The molecule has 1 saturated carbocycles. The third kappa shape index (κ3) is 4.07. The number of anilines is 1. The first-order chi connectivity index (χ1) is 12.2. The van der Waals surface area contributed by atoms with Gasteiger partial charge >= 0.3 is 6.03 Å². The highest BCUT2D eigenvalue weighted by Crippen LogP contribution is 2.30. The molecule has 2 fully saturated rings. The van der Waals surface area contributed by atoms with Gasteiger partial charge in [0, 0.05) is 31.6 Å². The lowest BCUT2D eigenvalue weighted by atomic mass is 10.1. The summed E-state index contributed by atoms with van der Waals surface area (Å²) in [4.78, 5) is 16.8. The quantitative estimate of drug-likeness (QED) is 0.910. The van der Waals surface area contributed by atoms with Gasteiger partial charge in [0.15, 0.2) is 5.82 Å². The first kappa shape index (κ1) is 16.3. The fourth-order valence-electron chi connectivity index (χ4n) is 3.66. The molecule has 1 aliphatic heterocycles. The minimum Gasteiger partial charge on any atom is -0.324 e. The number of hydrogen-bond donors (Lipinski definition) is 1. The summed E-state index contributed by atoms with van der Waals surface area (Å²) in [6.45, 7) is 3.92. The summed E-state index contributed by atoms with van der Waals surface area (Å²) >= 11 is 0. The number of carbonyl (C=O) groups excluding carboxylic acids is 1. The molecule has 4 rings (SSSR count). The van der Waals surface area contributed by atoms with Crippen LogP contribution in [0.2, 0.25) is 0 Å². The van der Waals surface area contributed by atoms with Crippen LogP contribution in [0.15, 0.2) is 30.3 Å². The summed E-state index contributed by atoms with van der Waals surface area (Å²) in [5.74, 6) is 1.99. The molecule has 0 spiro atoms. The molecule has 1 atom stereocenters. The Balaban J connectivity index is 1.31. The first-order valence-electron chi connectivity index (χ1n) is 9.14. The molecule has 0 radical (unpaired) electrons. The zero-order chi connectivity index (χ0) is 17.2. The van der Waals surface area contributed by atoms with Crippen molar-refractivity contribution in [2.45, 2.75) is 19.3 Å². The summed E-state index contributed by atoms with van der Waals surface area (Å²) in [5, 5.41) is 12.1. The molecule has 25 heavy (non-hydrogen) atoms. The number of urea groups is 1. The van der Waals surface area contributed by atoms with Crippen LogP contribution in [0.1, 0.15) is 19.3 Å². The maximum absolute atomic E-state index is 12.5. The second-order valence-corrected chi connectivity index (χ2v) is 7.48. The van der Waals surface area contributed by atoms with Crippen molar-refractivity contribution in [1.82, 2.24) is 20.0 Å². The van der Waals surface area contributed by atoms with Crippen LogP contribution < -0.4 is 5.32 Å². The van der Waals surface area contributed by atoms with Crippen LogP contribution in [0.3, 0.4) is 0 Å². The van der Waals surface area contributed by atoms with Gasteiger partial charge in [-0.15, -0.1) is 10.2 Å². The Bertz CT molecular complexity index is 760. The molecule has 2 heterocycles. The number of aromatic nitrogens is 2. The van der Waals surface area contributed by atoms with E-state index in [1.54, 1.807) is 0 Å². The fraction of sp³-hybridized carbons (Fsp3) is 0.526. The highest BCUT2D eigenvalue weighted by molar-refractivity contribution is 5.90. The predicted octanol–water partition coefficient (Wildman–Crippen LogP) is 2.83. The molecule has 1 saturated heterocycles. The molecule has 1 N–H and O–H groups in total. The van der Waals surface area contributed by atoms with Crippen LogP contribution in [0, 0.1) is 11.8 Å². The van der Waals surface area contributed by atoms with E-state index in [1.165, 1.54) is 19.4 Å². The maximum atomic E-state index is 12.5. The predicted molar refractivity (Wildman–Crippen MR) is 98.5 cm³/mol. The average molecular weight is 339 g/mol. The van der Waals surface area contributed by atoms with Crippen LogP contribution in [-0.2, 0) is 0 Å². The third-order valence-electron chi connectivity index (χ3n) is 5.14. The van der Waals surface area contributed by atoms with E-state index in [1.807, 2.05) is 35.2 Å². The van der Waals surface area contributed by atoms with Gasteiger partial charge in [0.2, 0.25) is 0 Å². The van der Waals surface area contributed by atoms with Crippen LogP contribution in [0.5, 0.6) is 0 Å². The van der Waals surface area contributed by atoms with E-state index >= 15 is 0 Å². The third-order valence-corrected chi connectivity index (χ3v) is 5.14. The van der Waals surface area contributed by atoms with Gasteiger partial charge in [-0.1, -0.05) is 18.2 Å². The van der Waals surface area contributed by atoms with Crippen LogP contribution in [0.4, 0.5) is 10.6 Å². The lowest BCUT2D eigenvalue weighted by Crippen LogP contribution is -2.35. The van der Waals surface area contributed by atoms with Crippen molar-refractivity contribution >= 4 is 22.8 Å². The zero-order valence-electron chi connectivity index (χ0n) is 14.7. The van der Waals surface area contributed by atoms with E-state index < -0.39 is 0 Å². The topological polar surface area (TPSA) is 61.4 Å². The van der Waals surface area contributed by atoms with Gasteiger partial charge in [0.05, 0.1) is 5.52 Å². The Kier molecular flexibility index (Phi) is 4.53. The Hall–Kier alpha value is -2.21. The van der Waals surface area contributed by atoms with Gasteiger partial charge in [-0.3, -0.25) is 5.32 Å². The summed E-state index contributed by atoms with van der Waals surface area (Å²) < 4.78 is 0. The number of nitrogens with zero attached hydrogens (tertiary/aromatic N) is 4. The van der Waals surface area contributed by atoms with Crippen molar-refractivity contribution in [3.05, 3.63) is 30.3 Å². The van der Waals surface area contributed by atoms with E-state index in [0.29, 0.717) is 11.7 Å². The van der Waals surface area contributed by atoms with Gasteiger partial charge in [0.1, 0.15) is 0 Å². The number of hydrogen-bond acceptors (Lipinski definition) is 4. The molecule has 2 amide bonds. The van der Waals surface area contributed by atoms with E-state index in [-0.39, 0.29) is 6.03 Å². The van der Waals surface area contributed by atoms with Crippen molar-refractivity contribution < 1.29 is 4.79 Å². The lowest BCUT2D eigenvalue weighted by Gasteiger charge is -2.21. The number of likely N-dealkylation sites (tertiary alicyclic amines) is 1. The lowest BCUT2D eigenvalue weighted by molar-refractivity contribution is 0.216. The van der Waals surface area contributed by atoms with Crippen molar-refractivity contribution in [1.29, 1.82) is 0 Å². The summed E-state index contributed by atoms with van der Waals surface area (Å²) in [7, 11) is 2.20. The zero-order valence-corrected chi connectivity index (χ0v) is 14.7. The van der Waals surface area contributed by atoms with Crippen LogP contribution >= 0.6 is 0 Å². The largest absolute Gasteiger partial charge is 0.324 e. The summed E-state index contributed by atoms with van der Waals surface area (Å²) in [6.07, 6.45) is 3.85. The number of benzene rings is 1. The van der Waals surface area contributed by atoms with Crippen molar-refractivity contribution in [2.75, 3.05) is 38.5 Å². The second kappa shape index (κ2) is 6.96. The molecule has 132 valence electrons. The van der Waals surface area contributed by atoms with Gasteiger partial charge in [0.25, 0.3) is 0 Å². The molecule has 6 nitrogen and oxygen atoms in total. The molecule has 1 aromatic heterocycles. The molecule has 0 bridgehead atoms. The van der Waals surface area contributed by atoms with Crippen molar-refractivity contribution in [3.8, 4) is 0 Å². The fourth-order valence-corrected chi connectivity index (χ4v) is 3.66. The Labute approximate surface area is 148 Å². The minimum absolute atomic E-state index is 0.0723. The van der Waals surface area contributed by atoms with E-state index in [0.717, 1.165) is 42.9 Å². The second-order valence-electron chi connectivity index (χ2n) is 7.48. The van der Waals surface area contributed by atoms with Crippen molar-refractivity contribution in [3.63, 3.8) is 0 Å². The highest BCUT2D eigenvalue weighted by Gasteiger charge is 2.29. The molecule has 1 unspecified atom stereocenters. The van der Waals surface area contributed by atoms with Gasteiger partial charge < -0.3 is 9.80 Å². The van der Waals surface area contributed by atoms with Gasteiger partial charge in [-0.25, -0.2) is 4.79 Å². The normalized spacial score (nSPS) is 20.4. The Morgan fingerprint density at radius 1 is 1.20 bits per heavy atom. The molecule has 2 aromatic rings. The van der Waals surface area contributed by atoms with Gasteiger partial charge in [-0.05, 0) is 50.3 Å². The van der Waals surface area contributed by atoms with Crippen LogP contribution in [0.25, 0.3) is 10.9 Å². The van der Waals surface area contributed by atoms with E-state index in [9.17, 15) is 4.79 Å². The highest BCUT2D eigenvalue weighted by atomic mass is 16.2. The van der Waals surface area contributed by atoms with Crippen LogP contribution in [-0.4, -0.2) is 59.3 Å². The number of carbonyl (C=O) groups is 1. The average Bonchev–Trinajstić information content (AvgIpc) is 3.29. The first-order valence-corrected chi connectivity index (χ1v) is 9.14. The minimum atomic E-state index is -0.0723. The van der Waals surface area contributed by atoms with Crippen molar-refractivity contribution in [2.24, 2.45) is 11.8 Å². The molecule has 1 aromatic carbocycles.